The van der Waals surface area contributed by atoms with E-state index in [1.807, 2.05) is 43.3 Å². The Labute approximate surface area is 189 Å². The first-order chi connectivity index (χ1) is 15.0. The Bertz CT molecular complexity index is 956. The van der Waals surface area contributed by atoms with Crippen molar-refractivity contribution in [1.29, 1.82) is 0 Å². The Kier molecular flexibility index (Phi) is 8.56. The first-order valence-corrected chi connectivity index (χ1v) is 13.3. The fourth-order valence-electron chi connectivity index (χ4n) is 4.47. The molecule has 31 heavy (non-hydrogen) atoms. The minimum Gasteiger partial charge on any atom is -0.306 e. The number of para-hydroxylation sites is 1. The topological polar surface area (TPSA) is 49.4 Å². The second-order valence-corrected chi connectivity index (χ2v) is 10.7. The summed E-state index contributed by atoms with van der Waals surface area (Å²) in [5.74, 6) is 0. The van der Waals surface area contributed by atoms with E-state index in [1.54, 1.807) is 13.1 Å². The Morgan fingerprint density at radius 3 is 2.23 bits per heavy atom. The molecule has 0 amide bonds. The van der Waals surface area contributed by atoms with E-state index >= 15 is 0 Å². The Morgan fingerprint density at radius 2 is 1.52 bits per heavy atom. The molecule has 0 spiro atoms. The quantitative estimate of drug-likeness (QED) is 0.413. The maximum Gasteiger partial charge on any atom is 0.264 e. The highest BCUT2D eigenvalue weighted by Gasteiger charge is 2.34. The lowest BCUT2D eigenvalue weighted by molar-refractivity contribution is 0.528. The van der Waals surface area contributed by atoms with Crippen LogP contribution in [0.1, 0.15) is 87.4 Å². The predicted octanol–water partition coefficient (Wildman–Crippen LogP) is 6.34. The average molecular weight is 443 g/mol. The lowest BCUT2D eigenvalue weighted by Crippen LogP contribution is -2.26. The largest absolute Gasteiger partial charge is 0.306 e. The van der Waals surface area contributed by atoms with Gasteiger partial charge in [-0.3, -0.25) is 4.31 Å². The van der Waals surface area contributed by atoms with Crippen molar-refractivity contribution in [3.8, 4) is 0 Å². The number of rotatable bonds is 11. The number of nitrogens with zero attached hydrogens (tertiary/aromatic N) is 1. The second kappa shape index (κ2) is 11.1. The molecule has 0 saturated carbocycles. The molecule has 0 bridgehead atoms. The van der Waals surface area contributed by atoms with E-state index in [0.29, 0.717) is 4.90 Å². The Morgan fingerprint density at radius 1 is 0.871 bits per heavy atom. The molecule has 0 radical (unpaired) electrons. The summed E-state index contributed by atoms with van der Waals surface area (Å²) in [6.45, 7) is 5.08. The van der Waals surface area contributed by atoms with Crippen molar-refractivity contribution < 1.29 is 8.42 Å². The molecule has 5 heteroatoms. The van der Waals surface area contributed by atoms with Gasteiger partial charge in [-0.25, -0.2) is 8.42 Å². The maximum atomic E-state index is 13.3. The maximum absolute atomic E-state index is 13.3. The van der Waals surface area contributed by atoms with Gasteiger partial charge in [0.1, 0.15) is 0 Å². The highest BCUT2D eigenvalue weighted by molar-refractivity contribution is 7.92. The van der Waals surface area contributed by atoms with E-state index in [4.69, 9.17) is 0 Å². The molecule has 3 rings (SSSR count). The van der Waals surface area contributed by atoms with Crippen LogP contribution < -0.4 is 9.62 Å². The van der Waals surface area contributed by atoms with Crippen LogP contribution in [0, 0.1) is 6.92 Å². The number of sulfonamides is 1. The van der Waals surface area contributed by atoms with Crippen molar-refractivity contribution in [2.45, 2.75) is 82.6 Å². The monoisotopic (exact) mass is 442 g/mol. The van der Waals surface area contributed by atoms with E-state index in [2.05, 4.69) is 12.2 Å². The molecule has 0 aliphatic carbocycles. The number of nitrogens with one attached hydrogen (secondary N) is 1. The third kappa shape index (κ3) is 5.69. The van der Waals surface area contributed by atoms with E-state index in [9.17, 15) is 8.42 Å². The molecular weight excluding hydrogens is 404 g/mol. The van der Waals surface area contributed by atoms with Gasteiger partial charge < -0.3 is 5.32 Å². The third-order valence-corrected chi connectivity index (χ3v) is 8.16. The number of fused-ring (bicyclic) bond motifs is 2. The normalized spacial score (nSPS) is 17.1. The van der Waals surface area contributed by atoms with Crippen LogP contribution in [-0.4, -0.2) is 22.0 Å². The fourth-order valence-corrected chi connectivity index (χ4v) is 6.01. The molecular formula is C26H38N2O2S. The van der Waals surface area contributed by atoms with Gasteiger partial charge in [-0.15, -0.1) is 0 Å². The highest BCUT2D eigenvalue weighted by Crippen LogP contribution is 2.40. The van der Waals surface area contributed by atoms with Crippen molar-refractivity contribution in [2.75, 3.05) is 17.9 Å². The van der Waals surface area contributed by atoms with E-state index in [1.165, 1.54) is 55.7 Å². The molecule has 1 N–H and O–H groups in total. The van der Waals surface area contributed by atoms with Gasteiger partial charge in [-0.1, -0.05) is 88.6 Å². The molecule has 4 nitrogen and oxygen atoms in total. The van der Waals surface area contributed by atoms with E-state index < -0.39 is 10.0 Å². The molecule has 1 aliphatic heterocycles. The van der Waals surface area contributed by atoms with Crippen molar-refractivity contribution in [3.05, 3.63) is 59.2 Å². The number of aryl methyl sites for hydroxylation is 1. The standard InChI is InChI=1S/C26H38N2O2S/c1-4-5-6-7-8-9-10-11-14-19-27-26-22-15-12-13-16-24(22)28(3)31(29,30)25-20-21(2)17-18-23(25)26/h12-13,15-18,20,26-27H,4-11,14,19H2,1-3H3. The van der Waals surface area contributed by atoms with Gasteiger partial charge in [0.25, 0.3) is 10.0 Å². The fraction of sp³-hybridized carbons (Fsp3) is 0.538. The lowest BCUT2D eigenvalue weighted by Gasteiger charge is -2.22. The van der Waals surface area contributed by atoms with Crippen molar-refractivity contribution in [3.63, 3.8) is 0 Å². The summed E-state index contributed by atoms with van der Waals surface area (Å²) in [6.07, 6.45) is 11.7. The summed E-state index contributed by atoms with van der Waals surface area (Å²) in [5.41, 5.74) is 3.57. The lowest BCUT2D eigenvalue weighted by atomic mass is 9.96. The smallest absolute Gasteiger partial charge is 0.264 e. The van der Waals surface area contributed by atoms with Crippen LogP contribution in [0.5, 0.6) is 0 Å². The minimum absolute atomic E-state index is 0.124. The van der Waals surface area contributed by atoms with Crippen LogP contribution in [0.2, 0.25) is 0 Å². The first kappa shape index (κ1) is 23.8. The van der Waals surface area contributed by atoms with Gasteiger partial charge in [-0.2, -0.15) is 0 Å². The van der Waals surface area contributed by atoms with Gasteiger partial charge in [0, 0.05) is 7.05 Å². The van der Waals surface area contributed by atoms with Gasteiger partial charge >= 0.3 is 0 Å². The number of benzene rings is 2. The van der Waals surface area contributed by atoms with Gasteiger partial charge in [0.2, 0.25) is 0 Å². The molecule has 1 unspecified atom stereocenters. The molecule has 1 atom stereocenters. The van der Waals surface area contributed by atoms with Crippen molar-refractivity contribution >= 4 is 15.7 Å². The second-order valence-electron chi connectivity index (χ2n) is 8.79. The predicted molar refractivity (Wildman–Crippen MR) is 130 cm³/mol. The van der Waals surface area contributed by atoms with Crippen LogP contribution >= 0.6 is 0 Å². The summed E-state index contributed by atoms with van der Waals surface area (Å²) in [4.78, 5) is 0.413. The summed E-state index contributed by atoms with van der Waals surface area (Å²) in [6, 6.07) is 13.5. The average Bonchev–Trinajstić information content (AvgIpc) is 2.83. The van der Waals surface area contributed by atoms with Crippen molar-refractivity contribution in [1.82, 2.24) is 5.32 Å². The highest BCUT2D eigenvalue weighted by atomic mass is 32.2. The van der Waals surface area contributed by atoms with Crippen LogP contribution in [0.25, 0.3) is 0 Å². The van der Waals surface area contributed by atoms with Gasteiger partial charge in [0.05, 0.1) is 16.6 Å². The van der Waals surface area contributed by atoms with Crippen molar-refractivity contribution in [2.24, 2.45) is 0 Å². The van der Waals surface area contributed by atoms with Crippen LogP contribution in [0.3, 0.4) is 0 Å². The molecule has 1 aliphatic rings. The minimum atomic E-state index is -3.59. The van der Waals surface area contributed by atoms with Gasteiger partial charge in [0.15, 0.2) is 0 Å². The van der Waals surface area contributed by atoms with Gasteiger partial charge in [-0.05, 0) is 48.7 Å². The molecule has 0 aromatic heterocycles. The molecule has 170 valence electrons. The molecule has 2 aromatic carbocycles. The zero-order valence-corrected chi connectivity index (χ0v) is 20.2. The van der Waals surface area contributed by atoms with Crippen LogP contribution in [0.4, 0.5) is 5.69 Å². The van der Waals surface area contributed by atoms with Crippen LogP contribution in [0.15, 0.2) is 47.4 Å². The third-order valence-electron chi connectivity index (χ3n) is 6.33. The molecule has 2 aromatic rings. The summed E-state index contributed by atoms with van der Waals surface area (Å²) < 4.78 is 28.1. The number of hydrogen-bond donors (Lipinski definition) is 1. The van der Waals surface area contributed by atoms with Crippen LogP contribution in [-0.2, 0) is 10.0 Å². The molecule has 0 fully saturated rings. The summed E-state index contributed by atoms with van der Waals surface area (Å²) in [5, 5.41) is 3.68. The first-order valence-electron chi connectivity index (χ1n) is 11.9. The van der Waals surface area contributed by atoms with E-state index in [-0.39, 0.29) is 6.04 Å². The Balaban J connectivity index is 1.68. The SMILES string of the molecule is CCCCCCCCCCCNC1c2ccccc2N(C)S(=O)(=O)c2cc(C)ccc21. The zero-order chi connectivity index (χ0) is 22.3. The number of hydrogen-bond acceptors (Lipinski definition) is 3. The number of unbranched alkanes of at least 4 members (excludes halogenated alkanes) is 8. The van der Waals surface area contributed by atoms with E-state index in [0.717, 1.165) is 35.3 Å². The summed E-state index contributed by atoms with van der Waals surface area (Å²) >= 11 is 0. The molecule has 0 saturated heterocycles. The Hall–Kier alpha value is -1.85. The molecule has 1 heterocycles. The zero-order valence-electron chi connectivity index (χ0n) is 19.4. The number of anilines is 1. The summed E-state index contributed by atoms with van der Waals surface area (Å²) in [7, 11) is -1.93.